The first-order valence-electron chi connectivity index (χ1n) is 6.42. The number of methoxy groups -OCH3 is 1. The highest BCUT2D eigenvalue weighted by Gasteiger charge is 2.09. The highest BCUT2D eigenvalue weighted by atomic mass is 16.5. The number of anilines is 1. The monoisotopic (exact) mass is 286 g/mol. The van der Waals surface area contributed by atoms with Crippen molar-refractivity contribution in [3.05, 3.63) is 53.7 Å². The lowest BCUT2D eigenvalue weighted by Crippen LogP contribution is -2.19. The van der Waals surface area contributed by atoms with Crippen LogP contribution in [0.5, 0.6) is 5.88 Å². The van der Waals surface area contributed by atoms with Crippen LogP contribution in [-0.4, -0.2) is 30.2 Å². The highest BCUT2D eigenvalue weighted by molar-refractivity contribution is 5.97. The molecule has 0 bridgehead atoms. The third-order valence-electron chi connectivity index (χ3n) is 3.14. The molecule has 0 atom stereocenters. The van der Waals surface area contributed by atoms with Crippen LogP contribution in [0.4, 0.5) is 5.69 Å². The van der Waals surface area contributed by atoms with Crippen LogP contribution in [0, 0.1) is 0 Å². The van der Waals surface area contributed by atoms with Crippen molar-refractivity contribution in [2.24, 2.45) is 10.9 Å². The molecule has 0 saturated carbocycles. The Kier molecular flexibility index (Phi) is 4.61. The second-order valence-electron chi connectivity index (χ2n) is 4.56. The van der Waals surface area contributed by atoms with Gasteiger partial charge in [0.1, 0.15) is 0 Å². The molecule has 6 nitrogen and oxygen atoms in total. The predicted molar refractivity (Wildman–Crippen MR) is 81.8 cm³/mol. The van der Waals surface area contributed by atoms with E-state index in [4.69, 9.17) is 15.7 Å². The Morgan fingerprint density at radius 1 is 1.38 bits per heavy atom. The summed E-state index contributed by atoms with van der Waals surface area (Å²) in [6, 6.07) is 11.3. The van der Waals surface area contributed by atoms with Gasteiger partial charge >= 0.3 is 0 Å². The summed E-state index contributed by atoms with van der Waals surface area (Å²) in [4.78, 5) is 6.22. The average molecular weight is 286 g/mol. The molecule has 0 saturated heterocycles. The van der Waals surface area contributed by atoms with Crippen LogP contribution in [0.2, 0.25) is 0 Å². The minimum absolute atomic E-state index is 0.0872. The fourth-order valence-corrected chi connectivity index (χ4v) is 2.04. The quantitative estimate of drug-likeness (QED) is 0.379. The molecular formula is C15H18N4O2. The number of rotatable bonds is 5. The first kappa shape index (κ1) is 14.6. The zero-order valence-corrected chi connectivity index (χ0v) is 12.0. The number of oxime groups is 1. The first-order chi connectivity index (χ1) is 10.2. The minimum Gasteiger partial charge on any atom is -0.481 e. The smallest absolute Gasteiger partial charge is 0.218 e. The molecule has 2 aromatic rings. The maximum absolute atomic E-state index is 8.75. The summed E-state index contributed by atoms with van der Waals surface area (Å²) in [7, 11) is 3.56. The van der Waals surface area contributed by atoms with Gasteiger partial charge in [-0.1, -0.05) is 23.4 Å². The first-order valence-corrected chi connectivity index (χ1v) is 6.42. The molecule has 3 N–H and O–H groups in total. The number of benzene rings is 1. The van der Waals surface area contributed by atoms with Crippen molar-refractivity contribution in [2.75, 3.05) is 19.1 Å². The van der Waals surface area contributed by atoms with Crippen LogP contribution in [-0.2, 0) is 6.54 Å². The minimum atomic E-state index is 0.0872. The summed E-state index contributed by atoms with van der Waals surface area (Å²) in [5, 5.41) is 11.8. The maximum atomic E-state index is 8.75. The fraction of sp³-hybridized carbons (Fsp3) is 0.200. The Morgan fingerprint density at radius 3 is 2.90 bits per heavy atom. The lowest BCUT2D eigenvalue weighted by atomic mass is 10.1. The largest absolute Gasteiger partial charge is 0.481 e. The summed E-state index contributed by atoms with van der Waals surface area (Å²) in [5.41, 5.74) is 8.21. The highest BCUT2D eigenvalue weighted by Crippen LogP contribution is 2.21. The lowest BCUT2D eigenvalue weighted by molar-refractivity contribution is 0.318. The van der Waals surface area contributed by atoms with E-state index in [0.29, 0.717) is 18.0 Å². The average Bonchev–Trinajstić information content (AvgIpc) is 2.54. The van der Waals surface area contributed by atoms with Gasteiger partial charge in [0.25, 0.3) is 0 Å². The molecule has 110 valence electrons. The van der Waals surface area contributed by atoms with Crippen molar-refractivity contribution < 1.29 is 9.94 Å². The molecule has 1 heterocycles. The van der Waals surface area contributed by atoms with Crippen LogP contribution in [0.15, 0.2) is 47.8 Å². The van der Waals surface area contributed by atoms with Crippen molar-refractivity contribution in [1.29, 1.82) is 0 Å². The molecular weight excluding hydrogens is 268 g/mol. The number of hydrogen-bond donors (Lipinski definition) is 2. The van der Waals surface area contributed by atoms with Crippen LogP contribution in [0.3, 0.4) is 0 Å². The molecule has 2 rings (SSSR count). The zero-order chi connectivity index (χ0) is 15.2. The Bertz CT molecular complexity index is 643. The van der Waals surface area contributed by atoms with Crippen LogP contribution < -0.4 is 15.4 Å². The molecule has 0 aliphatic carbocycles. The summed E-state index contributed by atoms with van der Waals surface area (Å²) in [6.45, 7) is 0.636. The van der Waals surface area contributed by atoms with Crippen molar-refractivity contribution in [2.45, 2.75) is 6.54 Å². The number of ether oxygens (including phenoxy) is 1. The molecule has 21 heavy (non-hydrogen) atoms. The molecule has 0 fully saturated rings. The van der Waals surface area contributed by atoms with Gasteiger partial charge in [-0.15, -0.1) is 0 Å². The number of pyridine rings is 1. The van der Waals surface area contributed by atoms with E-state index in [2.05, 4.69) is 10.1 Å². The second-order valence-corrected chi connectivity index (χ2v) is 4.56. The van der Waals surface area contributed by atoms with Gasteiger partial charge in [-0.25, -0.2) is 4.98 Å². The normalized spacial score (nSPS) is 11.2. The topological polar surface area (TPSA) is 84.0 Å². The van der Waals surface area contributed by atoms with E-state index >= 15 is 0 Å². The lowest BCUT2D eigenvalue weighted by Gasteiger charge is -2.20. The molecule has 0 aliphatic rings. The Balaban J connectivity index is 2.22. The molecule has 6 heteroatoms. The Hall–Kier alpha value is -2.76. The maximum Gasteiger partial charge on any atom is 0.218 e. The SMILES string of the molecule is COc1ncccc1CN(C)c1cccc(/C(N)=N/O)c1. The Morgan fingerprint density at radius 2 is 2.19 bits per heavy atom. The van der Waals surface area contributed by atoms with Gasteiger partial charge in [-0.05, 0) is 18.2 Å². The van der Waals surface area contributed by atoms with Crippen LogP contribution in [0.25, 0.3) is 0 Å². The van der Waals surface area contributed by atoms with Gasteiger partial charge < -0.3 is 20.6 Å². The van der Waals surface area contributed by atoms with Crippen LogP contribution in [0.1, 0.15) is 11.1 Å². The van der Waals surface area contributed by atoms with E-state index < -0.39 is 0 Å². The fourth-order valence-electron chi connectivity index (χ4n) is 2.04. The number of amidine groups is 1. The van der Waals surface area contributed by atoms with E-state index in [0.717, 1.165) is 11.3 Å². The van der Waals surface area contributed by atoms with Gasteiger partial charge in [0.15, 0.2) is 5.84 Å². The predicted octanol–water partition coefficient (Wildman–Crippen LogP) is 1.82. The molecule has 0 aliphatic heterocycles. The van der Waals surface area contributed by atoms with Crippen molar-refractivity contribution >= 4 is 11.5 Å². The van der Waals surface area contributed by atoms with Gasteiger partial charge in [-0.3, -0.25) is 0 Å². The summed E-state index contributed by atoms with van der Waals surface area (Å²) in [5.74, 6) is 0.696. The third kappa shape index (κ3) is 3.42. The van der Waals surface area contributed by atoms with Gasteiger partial charge in [0.2, 0.25) is 5.88 Å². The molecule has 0 radical (unpaired) electrons. The summed E-state index contributed by atoms with van der Waals surface area (Å²) < 4.78 is 5.25. The molecule has 0 amide bonds. The van der Waals surface area contributed by atoms with Gasteiger partial charge in [0, 0.05) is 36.6 Å². The molecule has 1 aromatic heterocycles. The second kappa shape index (κ2) is 6.60. The van der Waals surface area contributed by atoms with E-state index in [1.165, 1.54) is 0 Å². The number of hydrogen-bond acceptors (Lipinski definition) is 5. The van der Waals surface area contributed by atoms with Crippen molar-refractivity contribution in [3.63, 3.8) is 0 Å². The zero-order valence-electron chi connectivity index (χ0n) is 12.0. The summed E-state index contributed by atoms with van der Waals surface area (Å²) >= 11 is 0. The number of nitrogens with two attached hydrogens (primary N) is 1. The van der Waals surface area contributed by atoms with E-state index in [1.54, 1.807) is 19.4 Å². The standard InChI is InChI=1S/C15H18N4O2/c1-19(10-12-6-4-8-17-15(12)21-2)13-7-3-5-11(9-13)14(16)18-20/h3-9,20H,10H2,1-2H3,(H2,16,18). The van der Waals surface area contributed by atoms with Gasteiger partial charge in [0.05, 0.1) is 7.11 Å². The van der Waals surface area contributed by atoms with Gasteiger partial charge in [-0.2, -0.15) is 0 Å². The summed E-state index contributed by atoms with van der Waals surface area (Å²) in [6.07, 6.45) is 1.70. The third-order valence-corrected chi connectivity index (χ3v) is 3.14. The number of nitrogens with zero attached hydrogens (tertiary/aromatic N) is 3. The van der Waals surface area contributed by atoms with E-state index in [1.807, 2.05) is 42.3 Å². The molecule has 0 unspecified atom stereocenters. The van der Waals surface area contributed by atoms with E-state index in [-0.39, 0.29) is 5.84 Å². The van der Waals surface area contributed by atoms with Crippen molar-refractivity contribution in [3.8, 4) is 5.88 Å². The number of aromatic nitrogens is 1. The Labute approximate surface area is 123 Å². The van der Waals surface area contributed by atoms with Crippen LogP contribution >= 0.6 is 0 Å². The molecule has 0 spiro atoms. The van der Waals surface area contributed by atoms with Crippen molar-refractivity contribution in [1.82, 2.24) is 4.98 Å². The van der Waals surface area contributed by atoms with E-state index in [9.17, 15) is 0 Å². The molecule has 1 aromatic carbocycles.